The molecule has 0 saturated heterocycles. The van der Waals surface area contributed by atoms with Crippen LogP contribution >= 0.6 is 0 Å². The minimum absolute atomic E-state index is 0.491. The Morgan fingerprint density at radius 2 is 1.85 bits per heavy atom. The van der Waals surface area contributed by atoms with E-state index in [2.05, 4.69) is 44.2 Å². The lowest BCUT2D eigenvalue weighted by atomic mass is 10.0. The van der Waals surface area contributed by atoms with Crippen LogP contribution in [0.5, 0.6) is 5.75 Å². The summed E-state index contributed by atoms with van der Waals surface area (Å²) >= 11 is 0. The Morgan fingerprint density at radius 3 is 2.50 bits per heavy atom. The standard InChI is InChI=1S/C18H19NO/c1-3-5-16-6-4-7-18(17(16)12-19)20-13-15-10-8-14(2)9-11-15/h4,6-11H,3,5,13H2,1-2H3. The van der Waals surface area contributed by atoms with Crippen molar-refractivity contribution in [3.8, 4) is 11.8 Å². The largest absolute Gasteiger partial charge is 0.488 e. The van der Waals surface area contributed by atoms with Crippen LogP contribution in [0.4, 0.5) is 0 Å². The van der Waals surface area contributed by atoms with Gasteiger partial charge in [-0.1, -0.05) is 55.3 Å². The van der Waals surface area contributed by atoms with Crippen molar-refractivity contribution < 1.29 is 4.74 Å². The zero-order valence-corrected chi connectivity index (χ0v) is 12.0. The topological polar surface area (TPSA) is 33.0 Å². The smallest absolute Gasteiger partial charge is 0.137 e. The summed E-state index contributed by atoms with van der Waals surface area (Å²) in [7, 11) is 0. The van der Waals surface area contributed by atoms with E-state index in [4.69, 9.17) is 4.74 Å². The lowest BCUT2D eigenvalue weighted by molar-refractivity contribution is 0.305. The predicted octanol–water partition coefficient (Wildman–Crippen LogP) is 4.40. The van der Waals surface area contributed by atoms with E-state index in [1.807, 2.05) is 18.2 Å². The van der Waals surface area contributed by atoms with Crippen molar-refractivity contribution in [2.75, 3.05) is 0 Å². The van der Waals surface area contributed by atoms with Crippen molar-refractivity contribution in [1.29, 1.82) is 5.26 Å². The summed E-state index contributed by atoms with van der Waals surface area (Å²) in [5.41, 5.74) is 4.08. The first-order valence-electron chi connectivity index (χ1n) is 6.95. The fraction of sp³-hybridized carbons (Fsp3) is 0.278. The van der Waals surface area contributed by atoms with Crippen molar-refractivity contribution in [3.05, 3.63) is 64.7 Å². The van der Waals surface area contributed by atoms with Crippen LogP contribution in [-0.2, 0) is 13.0 Å². The maximum absolute atomic E-state index is 9.33. The van der Waals surface area contributed by atoms with E-state index >= 15 is 0 Å². The zero-order chi connectivity index (χ0) is 14.4. The van der Waals surface area contributed by atoms with Gasteiger partial charge in [-0.3, -0.25) is 0 Å². The van der Waals surface area contributed by atoms with E-state index in [9.17, 15) is 5.26 Å². The third-order valence-electron chi connectivity index (χ3n) is 3.26. The van der Waals surface area contributed by atoms with Gasteiger partial charge in [0.05, 0.1) is 5.56 Å². The molecule has 0 spiro atoms. The number of benzene rings is 2. The summed E-state index contributed by atoms with van der Waals surface area (Å²) in [6, 6.07) is 16.3. The Kier molecular flexibility index (Phi) is 4.79. The van der Waals surface area contributed by atoms with Gasteiger partial charge in [-0.25, -0.2) is 0 Å². The van der Waals surface area contributed by atoms with Crippen LogP contribution in [0, 0.1) is 18.3 Å². The van der Waals surface area contributed by atoms with Gasteiger partial charge < -0.3 is 4.74 Å². The van der Waals surface area contributed by atoms with Crippen molar-refractivity contribution >= 4 is 0 Å². The minimum atomic E-state index is 0.491. The predicted molar refractivity (Wildman–Crippen MR) is 80.7 cm³/mol. The highest BCUT2D eigenvalue weighted by atomic mass is 16.5. The van der Waals surface area contributed by atoms with Crippen LogP contribution < -0.4 is 4.74 Å². The van der Waals surface area contributed by atoms with Crippen LogP contribution in [0.25, 0.3) is 0 Å². The highest BCUT2D eigenvalue weighted by Gasteiger charge is 2.08. The van der Waals surface area contributed by atoms with Gasteiger partial charge in [0.1, 0.15) is 18.4 Å². The first kappa shape index (κ1) is 14.1. The normalized spacial score (nSPS) is 10.1. The molecule has 0 atom stereocenters. The molecule has 102 valence electrons. The summed E-state index contributed by atoms with van der Waals surface area (Å²) in [6.45, 7) is 4.66. The van der Waals surface area contributed by atoms with Crippen molar-refractivity contribution in [2.45, 2.75) is 33.3 Å². The molecule has 0 aliphatic heterocycles. The summed E-state index contributed by atoms with van der Waals surface area (Å²) in [4.78, 5) is 0. The van der Waals surface area contributed by atoms with E-state index in [-0.39, 0.29) is 0 Å². The van der Waals surface area contributed by atoms with Gasteiger partial charge in [-0.2, -0.15) is 5.26 Å². The molecule has 2 aromatic rings. The molecular weight excluding hydrogens is 246 g/mol. The third kappa shape index (κ3) is 3.39. The number of nitriles is 1. The lowest BCUT2D eigenvalue weighted by Crippen LogP contribution is -1.99. The molecule has 0 amide bonds. The van der Waals surface area contributed by atoms with Crippen LogP contribution in [0.3, 0.4) is 0 Å². The summed E-state index contributed by atoms with van der Waals surface area (Å²) in [5.74, 6) is 0.680. The molecule has 0 aromatic heterocycles. The number of hydrogen-bond donors (Lipinski definition) is 0. The third-order valence-corrected chi connectivity index (χ3v) is 3.26. The fourth-order valence-electron chi connectivity index (χ4n) is 2.15. The van der Waals surface area contributed by atoms with E-state index in [0.29, 0.717) is 17.9 Å². The van der Waals surface area contributed by atoms with Gasteiger partial charge >= 0.3 is 0 Å². The highest BCUT2D eigenvalue weighted by Crippen LogP contribution is 2.23. The molecule has 0 bridgehead atoms. The highest BCUT2D eigenvalue weighted by molar-refractivity contribution is 5.49. The van der Waals surface area contributed by atoms with Crippen LogP contribution in [-0.4, -0.2) is 0 Å². The van der Waals surface area contributed by atoms with Gasteiger partial charge in [-0.15, -0.1) is 0 Å². The number of aryl methyl sites for hydroxylation is 2. The minimum Gasteiger partial charge on any atom is -0.488 e. The molecule has 2 heteroatoms. The number of hydrogen-bond acceptors (Lipinski definition) is 2. The van der Waals surface area contributed by atoms with Gasteiger partial charge in [0, 0.05) is 0 Å². The van der Waals surface area contributed by atoms with Crippen molar-refractivity contribution in [3.63, 3.8) is 0 Å². The van der Waals surface area contributed by atoms with Gasteiger partial charge in [0.15, 0.2) is 0 Å². The Morgan fingerprint density at radius 1 is 1.10 bits per heavy atom. The van der Waals surface area contributed by atoms with E-state index in [0.717, 1.165) is 24.0 Å². The van der Waals surface area contributed by atoms with Crippen molar-refractivity contribution in [1.82, 2.24) is 0 Å². The molecule has 0 saturated carbocycles. The molecule has 20 heavy (non-hydrogen) atoms. The van der Waals surface area contributed by atoms with E-state index < -0.39 is 0 Å². The average molecular weight is 265 g/mol. The monoisotopic (exact) mass is 265 g/mol. The molecule has 0 aliphatic rings. The van der Waals surface area contributed by atoms with Crippen LogP contribution in [0.15, 0.2) is 42.5 Å². The van der Waals surface area contributed by atoms with E-state index in [1.165, 1.54) is 5.56 Å². The van der Waals surface area contributed by atoms with Gasteiger partial charge in [0.25, 0.3) is 0 Å². The number of rotatable bonds is 5. The summed E-state index contributed by atoms with van der Waals surface area (Å²) in [5, 5.41) is 9.33. The Labute approximate surface area is 120 Å². The first-order chi connectivity index (χ1) is 9.74. The molecule has 0 heterocycles. The Bertz CT molecular complexity index is 608. The maximum atomic E-state index is 9.33. The molecule has 0 aliphatic carbocycles. The van der Waals surface area contributed by atoms with Crippen molar-refractivity contribution in [2.24, 2.45) is 0 Å². The lowest BCUT2D eigenvalue weighted by Gasteiger charge is -2.11. The second-order valence-corrected chi connectivity index (χ2v) is 4.93. The van der Waals surface area contributed by atoms with Gasteiger partial charge in [-0.05, 0) is 30.5 Å². The molecule has 0 unspecified atom stereocenters. The van der Waals surface area contributed by atoms with Crippen LogP contribution in [0.2, 0.25) is 0 Å². The summed E-state index contributed by atoms with van der Waals surface area (Å²) < 4.78 is 5.82. The molecule has 0 radical (unpaired) electrons. The average Bonchev–Trinajstić information content (AvgIpc) is 2.47. The van der Waals surface area contributed by atoms with Gasteiger partial charge in [0.2, 0.25) is 0 Å². The Balaban J connectivity index is 2.15. The maximum Gasteiger partial charge on any atom is 0.137 e. The molecular formula is C18H19NO. The van der Waals surface area contributed by atoms with E-state index in [1.54, 1.807) is 0 Å². The quantitative estimate of drug-likeness (QED) is 0.802. The zero-order valence-electron chi connectivity index (χ0n) is 12.0. The molecule has 2 aromatic carbocycles. The molecule has 0 N–H and O–H groups in total. The molecule has 2 nitrogen and oxygen atoms in total. The molecule has 0 fully saturated rings. The first-order valence-corrected chi connectivity index (χ1v) is 6.95. The van der Waals surface area contributed by atoms with Crippen LogP contribution in [0.1, 0.15) is 35.6 Å². The second-order valence-electron chi connectivity index (χ2n) is 4.93. The fourth-order valence-corrected chi connectivity index (χ4v) is 2.15. The Hall–Kier alpha value is -2.27. The summed E-state index contributed by atoms with van der Waals surface area (Å²) in [6.07, 6.45) is 1.93. The number of nitrogens with zero attached hydrogens (tertiary/aromatic N) is 1. The second kappa shape index (κ2) is 6.77. The molecule has 2 rings (SSSR count). The SMILES string of the molecule is CCCc1cccc(OCc2ccc(C)cc2)c1C#N. The number of ether oxygens (including phenoxy) is 1.